The standard InChI is InChI=1S/C16H22N2O2S/c1-4-6-18-16(21)10-13-12-9-15(20-3)14(19-2)8-11(12)5-7-17-13/h8-9H,4-7,10H2,1-3H3,(H,18,21). The molecule has 0 radical (unpaired) electrons. The van der Waals surface area contributed by atoms with Crippen molar-refractivity contribution in [2.45, 2.75) is 26.2 Å². The largest absolute Gasteiger partial charge is 0.493 e. The predicted molar refractivity (Wildman–Crippen MR) is 90.2 cm³/mol. The third-order valence-corrected chi connectivity index (χ3v) is 3.79. The van der Waals surface area contributed by atoms with Gasteiger partial charge in [-0.1, -0.05) is 19.1 Å². The lowest BCUT2D eigenvalue weighted by molar-refractivity contribution is 0.354. The van der Waals surface area contributed by atoms with Gasteiger partial charge in [0.1, 0.15) is 0 Å². The zero-order valence-corrected chi connectivity index (χ0v) is 13.7. The Morgan fingerprint density at radius 2 is 2.00 bits per heavy atom. The molecule has 114 valence electrons. The number of hydrogen-bond acceptors (Lipinski definition) is 4. The summed E-state index contributed by atoms with van der Waals surface area (Å²) in [4.78, 5) is 5.49. The fourth-order valence-electron chi connectivity index (χ4n) is 2.42. The van der Waals surface area contributed by atoms with Crippen molar-refractivity contribution in [1.29, 1.82) is 0 Å². The monoisotopic (exact) mass is 306 g/mol. The molecule has 0 amide bonds. The van der Waals surface area contributed by atoms with E-state index in [9.17, 15) is 0 Å². The van der Waals surface area contributed by atoms with Crippen molar-refractivity contribution in [3.63, 3.8) is 0 Å². The molecular weight excluding hydrogens is 284 g/mol. The van der Waals surface area contributed by atoms with E-state index in [-0.39, 0.29) is 0 Å². The molecule has 0 spiro atoms. The van der Waals surface area contributed by atoms with E-state index in [1.807, 2.05) is 12.1 Å². The van der Waals surface area contributed by atoms with E-state index in [1.165, 1.54) is 5.56 Å². The first kappa shape index (κ1) is 15.8. The number of fused-ring (bicyclic) bond motifs is 1. The maximum atomic E-state index is 5.39. The van der Waals surface area contributed by atoms with E-state index in [4.69, 9.17) is 21.7 Å². The van der Waals surface area contributed by atoms with Crippen LogP contribution in [0.4, 0.5) is 0 Å². The van der Waals surface area contributed by atoms with Gasteiger partial charge in [0.05, 0.1) is 19.2 Å². The molecule has 0 fully saturated rings. The number of nitrogens with zero attached hydrogens (tertiary/aromatic N) is 1. The van der Waals surface area contributed by atoms with Crippen LogP contribution in [0.5, 0.6) is 11.5 Å². The lowest BCUT2D eigenvalue weighted by Gasteiger charge is -2.20. The Morgan fingerprint density at radius 1 is 1.29 bits per heavy atom. The molecule has 1 aliphatic heterocycles. The fraction of sp³-hybridized carbons (Fsp3) is 0.500. The topological polar surface area (TPSA) is 42.9 Å². The van der Waals surface area contributed by atoms with Crippen molar-refractivity contribution in [1.82, 2.24) is 5.32 Å². The van der Waals surface area contributed by atoms with Crippen LogP contribution < -0.4 is 14.8 Å². The minimum atomic E-state index is 0.678. The molecule has 0 bridgehead atoms. The summed E-state index contributed by atoms with van der Waals surface area (Å²) in [5.74, 6) is 1.50. The number of hydrogen-bond donors (Lipinski definition) is 1. The molecule has 0 atom stereocenters. The van der Waals surface area contributed by atoms with Crippen LogP contribution in [-0.4, -0.2) is 38.0 Å². The molecule has 0 unspecified atom stereocenters. The second-order valence-corrected chi connectivity index (χ2v) is 5.46. The van der Waals surface area contributed by atoms with Crippen molar-refractivity contribution >= 4 is 22.9 Å². The Bertz CT molecular complexity index is 555. The smallest absolute Gasteiger partial charge is 0.161 e. The summed E-state index contributed by atoms with van der Waals surface area (Å²) in [6.07, 6.45) is 2.67. The highest BCUT2D eigenvalue weighted by Gasteiger charge is 2.19. The number of ether oxygens (including phenoxy) is 2. The van der Waals surface area contributed by atoms with Crippen LogP contribution in [0.1, 0.15) is 30.9 Å². The number of benzene rings is 1. The van der Waals surface area contributed by atoms with Gasteiger partial charge < -0.3 is 14.8 Å². The van der Waals surface area contributed by atoms with Gasteiger partial charge in [0.2, 0.25) is 0 Å². The lowest BCUT2D eigenvalue weighted by Crippen LogP contribution is -2.26. The molecule has 1 N–H and O–H groups in total. The summed E-state index contributed by atoms with van der Waals surface area (Å²) >= 11 is 5.39. The number of methoxy groups -OCH3 is 2. The summed E-state index contributed by atoms with van der Waals surface area (Å²) < 4.78 is 10.8. The number of aliphatic imine (C=N–C) groups is 1. The van der Waals surface area contributed by atoms with Gasteiger partial charge in [-0.3, -0.25) is 4.99 Å². The molecule has 5 heteroatoms. The van der Waals surface area contributed by atoms with E-state index in [0.717, 1.165) is 53.7 Å². The Labute approximate surface area is 131 Å². The minimum Gasteiger partial charge on any atom is -0.493 e. The van der Waals surface area contributed by atoms with E-state index in [2.05, 4.69) is 17.2 Å². The van der Waals surface area contributed by atoms with Gasteiger partial charge in [0, 0.05) is 30.8 Å². The molecule has 21 heavy (non-hydrogen) atoms. The lowest BCUT2D eigenvalue weighted by atomic mass is 9.95. The molecule has 1 aliphatic rings. The Hall–Kier alpha value is -1.62. The predicted octanol–water partition coefficient (Wildman–Crippen LogP) is 2.77. The van der Waals surface area contributed by atoms with E-state index in [0.29, 0.717) is 6.42 Å². The Kier molecular flexibility index (Phi) is 5.56. The summed E-state index contributed by atoms with van der Waals surface area (Å²) in [6, 6.07) is 4.06. The number of rotatable bonds is 6. The number of nitrogens with one attached hydrogen (secondary N) is 1. The second-order valence-electron chi connectivity index (χ2n) is 4.97. The van der Waals surface area contributed by atoms with Crippen molar-refractivity contribution in [3.8, 4) is 11.5 Å². The van der Waals surface area contributed by atoms with Crippen LogP contribution in [0.15, 0.2) is 17.1 Å². The van der Waals surface area contributed by atoms with Crippen LogP contribution in [-0.2, 0) is 6.42 Å². The third kappa shape index (κ3) is 3.73. The fourth-order valence-corrected chi connectivity index (χ4v) is 2.66. The zero-order chi connectivity index (χ0) is 15.2. The molecule has 1 aromatic rings. The summed E-state index contributed by atoms with van der Waals surface area (Å²) in [7, 11) is 3.31. The van der Waals surface area contributed by atoms with Crippen LogP contribution in [0.3, 0.4) is 0 Å². The third-order valence-electron chi connectivity index (χ3n) is 3.50. The molecule has 2 rings (SSSR count). The van der Waals surface area contributed by atoms with Gasteiger partial charge in [-0.05, 0) is 30.5 Å². The highest BCUT2D eigenvalue weighted by atomic mass is 32.1. The first-order valence-corrected chi connectivity index (χ1v) is 7.65. The zero-order valence-electron chi connectivity index (χ0n) is 12.9. The van der Waals surface area contributed by atoms with Gasteiger partial charge >= 0.3 is 0 Å². The summed E-state index contributed by atoms with van der Waals surface area (Å²) in [6.45, 7) is 3.83. The molecule has 0 saturated heterocycles. The van der Waals surface area contributed by atoms with Gasteiger partial charge in [-0.2, -0.15) is 0 Å². The maximum Gasteiger partial charge on any atom is 0.161 e. The van der Waals surface area contributed by atoms with Crippen LogP contribution in [0.25, 0.3) is 0 Å². The van der Waals surface area contributed by atoms with E-state index >= 15 is 0 Å². The second kappa shape index (κ2) is 7.41. The van der Waals surface area contributed by atoms with Crippen LogP contribution in [0.2, 0.25) is 0 Å². The van der Waals surface area contributed by atoms with Gasteiger partial charge in [0.25, 0.3) is 0 Å². The maximum absolute atomic E-state index is 5.39. The molecule has 1 aromatic carbocycles. The molecule has 0 aliphatic carbocycles. The molecule has 1 heterocycles. The average molecular weight is 306 g/mol. The van der Waals surface area contributed by atoms with Crippen LogP contribution in [0, 0.1) is 0 Å². The number of thiocarbonyl (C=S) groups is 1. The molecule has 0 aromatic heterocycles. The highest BCUT2D eigenvalue weighted by molar-refractivity contribution is 7.80. The normalized spacial score (nSPS) is 13.2. The van der Waals surface area contributed by atoms with Crippen molar-refractivity contribution in [2.24, 2.45) is 4.99 Å². The van der Waals surface area contributed by atoms with E-state index in [1.54, 1.807) is 14.2 Å². The van der Waals surface area contributed by atoms with Crippen LogP contribution >= 0.6 is 12.2 Å². The van der Waals surface area contributed by atoms with Gasteiger partial charge in [-0.15, -0.1) is 0 Å². The molecular formula is C16H22N2O2S. The molecule has 4 nitrogen and oxygen atoms in total. The first-order valence-electron chi connectivity index (χ1n) is 7.24. The Balaban J connectivity index is 2.24. The summed E-state index contributed by atoms with van der Waals surface area (Å²) in [5, 5.41) is 3.26. The average Bonchev–Trinajstić information content (AvgIpc) is 2.51. The molecule has 0 saturated carbocycles. The van der Waals surface area contributed by atoms with Gasteiger partial charge in [-0.25, -0.2) is 0 Å². The van der Waals surface area contributed by atoms with Gasteiger partial charge in [0.15, 0.2) is 11.5 Å². The minimum absolute atomic E-state index is 0.678. The highest BCUT2D eigenvalue weighted by Crippen LogP contribution is 2.33. The van der Waals surface area contributed by atoms with E-state index < -0.39 is 0 Å². The summed E-state index contributed by atoms with van der Waals surface area (Å²) in [5.41, 5.74) is 3.40. The van der Waals surface area contributed by atoms with Crippen molar-refractivity contribution in [3.05, 3.63) is 23.3 Å². The quantitative estimate of drug-likeness (QED) is 0.821. The Morgan fingerprint density at radius 3 is 2.67 bits per heavy atom. The SMILES string of the molecule is CCCNC(=S)CC1=NCCc2cc(OC)c(OC)cc21. The van der Waals surface area contributed by atoms with Crippen molar-refractivity contribution in [2.75, 3.05) is 27.3 Å². The van der Waals surface area contributed by atoms with Crippen molar-refractivity contribution < 1.29 is 9.47 Å². The first-order chi connectivity index (χ1) is 10.2.